The number of aliphatic hydroxyl groups is 1. The van der Waals surface area contributed by atoms with Crippen LogP contribution in [0.5, 0.6) is 0 Å². The first-order chi connectivity index (χ1) is 18.7. The maximum atomic E-state index is 9.30. The average Bonchev–Trinajstić information content (AvgIpc) is 2.96. The van der Waals surface area contributed by atoms with Crippen molar-refractivity contribution in [3.63, 3.8) is 0 Å². The van der Waals surface area contributed by atoms with Crippen LogP contribution in [-0.2, 0) is 41.6 Å². The average molecular weight is 523 g/mol. The maximum absolute atomic E-state index is 9.30. The number of ether oxygens (including phenoxy) is 6. The predicted octanol–water partition coefficient (Wildman–Crippen LogP) is 3.73. The number of rotatable bonds is 16. The minimum atomic E-state index is -0.693. The second-order valence-corrected chi connectivity index (χ2v) is 8.90. The third-order valence-corrected chi connectivity index (χ3v) is 6.23. The highest BCUT2D eigenvalue weighted by molar-refractivity contribution is 5.15. The fourth-order valence-electron chi connectivity index (χ4n) is 4.48. The zero-order chi connectivity index (χ0) is 27.0. The largest absolute Gasteiger partial charge is 0.394 e. The van der Waals surface area contributed by atoms with E-state index >= 15 is 0 Å². The smallest absolute Gasteiger partial charge is 0.161 e. The van der Waals surface area contributed by atoms with E-state index in [-0.39, 0.29) is 32.5 Å². The Kier molecular flexibility index (Phi) is 13.3. The number of aliphatic hydroxyl groups excluding tert-OH is 1. The molecule has 1 fully saturated rings. The molecule has 7 nitrogen and oxygen atoms in total. The van der Waals surface area contributed by atoms with Gasteiger partial charge in [0.1, 0.15) is 31.5 Å². The fourth-order valence-corrected chi connectivity index (χ4v) is 4.48. The van der Waals surface area contributed by atoms with Gasteiger partial charge in [0, 0.05) is 6.42 Å². The maximum Gasteiger partial charge on any atom is 0.161 e. The minimum Gasteiger partial charge on any atom is -0.394 e. The van der Waals surface area contributed by atoms with E-state index < -0.39 is 30.7 Å². The van der Waals surface area contributed by atoms with Crippen molar-refractivity contribution in [3.8, 4) is 24.7 Å². The van der Waals surface area contributed by atoms with Gasteiger partial charge in [-0.15, -0.1) is 12.8 Å². The van der Waals surface area contributed by atoms with Crippen LogP contribution in [0.25, 0.3) is 0 Å². The first-order valence-electron chi connectivity index (χ1n) is 13.0. The second kappa shape index (κ2) is 17.0. The fraction of sp³-hybridized carbons (Fsp3) is 0.484. The normalized spacial score (nSPS) is 23.8. The van der Waals surface area contributed by atoms with Crippen molar-refractivity contribution in [2.45, 2.75) is 69.8 Å². The monoisotopic (exact) mass is 522 g/mol. The Bertz CT molecular complexity index is 985. The van der Waals surface area contributed by atoms with E-state index in [4.69, 9.17) is 41.3 Å². The Morgan fingerprint density at radius 3 is 1.92 bits per heavy atom. The van der Waals surface area contributed by atoms with E-state index in [2.05, 4.69) is 11.8 Å². The number of hydrogen-bond donors (Lipinski definition) is 1. The lowest BCUT2D eigenvalue weighted by Crippen LogP contribution is -2.60. The van der Waals surface area contributed by atoms with Crippen LogP contribution in [0.2, 0.25) is 0 Å². The zero-order valence-corrected chi connectivity index (χ0v) is 21.9. The Labute approximate surface area is 226 Å². The summed E-state index contributed by atoms with van der Waals surface area (Å²) in [6, 6.07) is 19.8. The van der Waals surface area contributed by atoms with Gasteiger partial charge in [0.2, 0.25) is 0 Å². The minimum absolute atomic E-state index is 0.0669. The summed E-state index contributed by atoms with van der Waals surface area (Å²) in [5.41, 5.74) is 2.05. The summed E-state index contributed by atoms with van der Waals surface area (Å²) < 4.78 is 37.2. The molecule has 3 rings (SSSR count). The van der Waals surface area contributed by atoms with Gasteiger partial charge in [-0.05, 0) is 17.5 Å². The van der Waals surface area contributed by atoms with Crippen molar-refractivity contribution in [2.75, 3.05) is 26.4 Å². The summed E-state index contributed by atoms with van der Waals surface area (Å²) in [6.45, 7) is 2.91. The highest BCUT2D eigenvalue weighted by Crippen LogP contribution is 2.33. The van der Waals surface area contributed by atoms with Gasteiger partial charge in [-0.25, -0.2) is 0 Å². The van der Waals surface area contributed by atoms with E-state index in [1.165, 1.54) is 0 Å². The first-order valence-corrected chi connectivity index (χ1v) is 13.0. The highest BCUT2D eigenvalue weighted by atomic mass is 16.7. The molecule has 0 amide bonds. The SMILES string of the molecule is C#CCOC(C[C@H]1OC(CC)[C@@H](OCC#C)C(OCc2ccccc2)C1OCc1ccccc1)OCCO. The summed E-state index contributed by atoms with van der Waals surface area (Å²) in [4.78, 5) is 0. The van der Waals surface area contributed by atoms with Gasteiger partial charge in [-0.1, -0.05) is 79.4 Å². The Morgan fingerprint density at radius 1 is 0.789 bits per heavy atom. The first kappa shape index (κ1) is 29.8. The van der Waals surface area contributed by atoms with Gasteiger partial charge in [0.15, 0.2) is 6.29 Å². The number of terminal acetylenes is 2. The van der Waals surface area contributed by atoms with E-state index in [9.17, 15) is 5.11 Å². The Balaban J connectivity index is 1.90. The van der Waals surface area contributed by atoms with Crippen LogP contribution >= 0.6 is 0 Å². The Morgan fingerprint density at radius 2 is 1.37 bits per heavy atom. The highest BCUT2D eigenvalue weighted by Gasteiger charge is 2.48. The molecule has 7 heteroatoms. The van der Waals surface area contributed by atoms with E-state index in [0.29, 0.717) is 26.1 Å². The molecule has 0 aliphatic carbocycles. The predicted molar refractivity (Wildman–Crippen MR) is 144 cm³/mol. The van der Waals surface area contributed by atoms with Crippen molar-refractivity contribution >= 4 is 0 Å². The van der Waals surface area contributed by atoms with Crippen LogP contribution in [0.4, 0.5) is 0 Å². The molecule has 1 aliphatic heterocycles. The van der Waals surface area contributed by atoms with Crippen LogP contribution in [0.1, 0.15) is 30.9 Å². The molecule has 1 heterocycles. The van der Waals surface area contributed by atoms with Crippen molar-refractivity contribution in [2.24, 2.45) is 0 Å². The van der Waals surface area contributed by atoms with Gasteiger partial charge in [-0.3, -0.25) is 0 Å². The molecule has 204 valence electrons. The topological polar surface area (TPSA) is 75.6 Å². The molecule has 1 saturated heterocycles. The van der Waals surface area contributed by atoms with E-state index in [1.54, 1.807) is 0 Å². The molecule has 2 aromatic carbocycles. The van der Waals surface area contributed by atoms with Crippen molar-refractivity contribution in [1.82, 2.24) is 0 Å². The zero-order valence-electron chi connectivity index (χ0n) is 21.9. The molecule has 0 bridgehead atoms. The van der Waals surface area contributed by atoms with Crippen molar-refractivity contribution in [3.05, 3.63) is 71.8 Å². The van der Waals surface area contributed by atoms with Gasteiger partial charge in [0.05, 0.1) is 38.6 Å². The molecule has 0 radical (unpaired) electrons. The number of benzene rings is 2. The lowest BCUT2D eigenvalue weighted by atomic mass is 9.91. The molecule has 0 aromatic heterocycles. The molecular formula is C31H38O7. The lowest BCUT2D eigenvalue weighted by Gasteiger charge is -2.46. The quantitative estimate of drug-likeness (QED) is 0.266. The molecule has 0 saturated carbocycles. The van der Waals surface area contributed by atoms with E-state index in [1.807, 2.05) is 67.6 Å². The summed E-state index contributed by atoms with van der Waals surface area (Å²) in [5.74, 6) is 5.03. The van der Waals surface area contributed by atoms with Crippen molar-refractivity contribution < 1.29 is 33.5 Å². The van der Waals surface area contributed by atoms with Crippen LogP contribution in [-0.4, -0.2) is 68.3 Å². The molecular weight excluding hydrogens is 484 g/mol. The molecule has 0 spiro atoms. The molecule has 4 unspecified atom stereocenters. The summed E-state index contributed by atoms with van der Waals surface area (Å²) in [6.07, 6.45) is 9.05. The van der Waals surface area contributed by atoms with Gasteiger partial charge in [0.25, 0.3) is 0 Å². The Hall–Kier alpha value is -2.72. The molecule has 38 heavy (non-hydrogen) atoms. The third kappa shape index (κ3) is 9.23. The number of hydrogen-bond acceptors (Lipinski definition) is 7. The summed E-state index contributed by atoms with van der Waals surface area (Å²) >= 11 is 0. The second-order valence-electron chi connectivity index (χ2n) is 8.90. The molecule has 1 aliphatic rings. The van der Waals surface area contributed by atoms with E-state index in [0.717, 1.165) is 11.1 Å². The summed E-state index contributed by atoms with van der Waals surface area (Å²) in [7, 11) is 0. The van der Waals surface area contributed by atoms with Gasteiger partial charge >= 0.3 is 0 Å². The lowest BCUT2D eigenvalue weighted by molar-refractivity contribution is -0.274. The van der Waals surface area contributed by atoms with Gasteiger partial charge in [-0.2, -0.15) is 0 Å². The molecule has 2 aromatic rings. The van der Waals surface area contributed by atoms with Gasteiger partial charge < -0.3 is 33.5 Å². The van der Waals surface area contributed by atoms with Crippen molar-refractivity contribution in [1.29, 1.82) is 0 Å². The third-order valence-electron chi connectivity index (χ3n) is 6.23. The van der Waals surface area contributed by atoms with Crippen LogP contribution in [0.15, 0.2) is 60.7 Å². The molecule has 6 atom stereocenters. The van der Waals surface area contributed by atoms with Crippen LogP contribution in [0.3, 0.4) is 0 Å². The van der Waals surface area contributed by atoms with Crippen LogP contribution in [0, 0.1) is 24.7 Å². The summed E-state index contributed by atoms with van der Waals surface area (Å²) in [5, 5.41) is 9.30. The molecule has 1 N–H and O–H groups in total. The van der Waals surface area contributed by atoms with Crippen LogP contribution < -0.4 is 0 Å². The standard InChI is InChI=1S/C31H38O7/c1-4-18-33-28(34-20-17-32)21-27-30(36-22-24-13-9-7-10-14-24)31(37-23-25-15-11-8-12-16-25)29(35-19-5-2)26(6-3)38-27/h1-2,7-16,26-32H,6,17-23H2,3H3/t26?,27-,28?,29-,30?,31?/m1/s1.